The average molecular weight is 248 g/mol. The molecule has 0 aromatic heterocycles. The van der Waals surface area contributed by atoms with Gasteiger partial charge in [0.05, 0.1) is 12.2 Å². The molecule has 0 unspecified atom stereocenters. The van der Waals surface area contributed by atoms with Gasteiger partial charge in [-0.15, -0.1) is 0 Å². The van der Waals surface area contributed by atoms with Gasteiger partial charge in [-0.1, -0.05) is 19.9 Å². The zero-order valence-corrected chi connectivity index (χ0v) is 11.9. The lowest BCUT2D eigenvalue weighted by atomic mass is 10.0. The second-order valence-electron chi connectivity index (χ2n) is 6.16. The molecule has 0 saturated carbocycles. The van der Waals surface area contributed by atoms with Crippen LogP contribution in [0.25, 0.3) is 0 Å². The van der Waals surface area contributed by atoms with Crippen LogP contribution in [0, 0.1) is 5.92 Å². The van der Waals surface area contributed by atoms with Crippen molar-refractivity contribution in [3.63, 3.8) is 0 Å². The van der Waals surface area contributed by atoms with Gasteiger partial charge in [-0.3, -0.25) is 0 Å². The number of hydrogen-bond acceptors (Lipinski definition) is 3. The third kappa shape index (κ3) is 2.71. The Hall–Kier alpha value is -1.38. The monoisotopic (exact) mass is 248 g/mol. The van der Waals surface area contributed by atoms with Crippen molar-refractivity contribution in [1.82, 2.24) is 0 Å². The summed E-state index contributed by atoms with van der Waals surface area (Å²) in [4.78, 5) is 2.37. The summed E-state index contributed by atoms with van der Waals surface area (Å²) in [5, 5.41) is 0. The number of fused-ring (bicyclic) bond motifs is 1. The first-order valence-corrected chi connectivity index (χ1v) is 6.71. The number of benzene rings is 1. The Balaban J connectivity index is 2.30. The van der Waals surface area contributed by atoms with Crippen molar-refractivity contribution in [2.24, 2.45) is 5.92 Å². The Labute approximate surface area is 110 Å². The van der Waals surface area contributed by atoms with Crippen LogP contribution in [0.5, 0.6) is 5.75 Å². The summed E-state index contributed by atoms with van der Waals surface area (Å²) in [7, 11) is 0. The molecule has 0 aliphatic carbocycles. The van der Waals surface area contributed by atoms with Crippen LogP contribution >= 0.6 is 0 Å². The molecule has 1 heterocycles. The Morgan fingerprint density at radius 3 is 2.78 bits per heavy atom. The molecule has 1 aromatic rings. The Morgan fingerprint density at radius 1 is 1.39 bits per heavy atom. The zero-order chi connectivity index (χ0) is 13.3. The lowest BCUT2D eigenvalue weighted by Crippen LogP contribution is -2.47. The van der Waals surface area contributed by atoms with Gasteiger partial charge in [0.1, 0.15) is 17.0 Å². The van der Waals surface area contributed by atoms with Crippen LogP contribution in [0.3, 0.4) is 0 Å². The molecule has 2 rings (SSSR count). The quantitative estimate of drug-likeness (QED) is 0.834. The minimum Gasteiger partial charge on any atom is -0.484 e. The second-order valence-corrected chi connectivity index (χ2v) is 6.16. The molecule has 0 spiro atoms. The van der Waals surface area contributed by atoms with Crippen LogP contribution in [-0.2, 0) is 0 Å². The molecule has 0 bridgehead atoms. The second kappa shape index (κ2) is 4.71. The summed E-state index contributed by atoms with van der Waals surface area (Å²) in [6.07, 6.45) is 1.17. The van der Waals surface area contributed by atoms with E-state index in [1.165, 1.54) is 6.42 Å². The highest BCUT2D eigenvalue weighted by Gasteiger charge is 2.32. The zero-order valence-electron chi connectivity index (χ0n) is 11.9. The molecule has 0 radical (unpaired) electrons. The molecule has 3 nitrogen and oxygen atoms in total. The van der Waals surface area contributed by atoms with Gasteiger partial charge in [-0.2, -0.15) is 0 Å². The predicted octanol–water partition coefficient (Wildman–Crippen LogP) is 3.29. The number of rotatable bonds is 3. The van der Waals surface area contributed by atoms with Crippen molar-refractivity contribution >= 4 is 11.4 Å². The number of anilines is 2. The largest absolute Gasteiger partial charge is 0.484 e. The van der Waals surface area contributed by atoms with Gasteiger partial charge < -0.3 is 15.4 Å². The van der Waals surface area contributed by atoms with E-state index >= 15 is 0 Å². The van der Waals surface area contributed by atoms with Crippen molar-refractivity contribution in [2.45, 2.75) is 39.7 Å². The van der Waals surface area contributed by atoms with Crippen molar-refractivity contribution in [1.29, 1.82) is 0 Å². The van der Waals surface area contributed by atoms with Crippen molar-refractivity contribution in [2.75, 3.05) is 23.7 Å². The highest BCUT2D eigenvalue weighted by molar-refractivity contribution is 5.76. The summed E-state index contributed by atoms with van der Waals surface area (Å²) in [6.45, 7) is 10.7. The SMILES string of the molecule is CC(C)CCN1CC(C)(C)Oc2cccc(N)c21. The highest BCUT2D eigenvalue weighted by Crippen LogP contribution is 2.41. The van der Waals surface area contributed by atoms with E-state index in [2.05, 4.69) is 32.6 Å². The third-order valence-electron chi connectivity index (χ3n) is 3.28. The number of ether oxygens (including phenoxy) is 1. The molecule has 1 aromatic carbocycles. The van der Waals surface area contributed by atoms with Crippen LogP contribution in [0.15, 0.2) is 18.2 Å². The number of hydrogen-bond donors (Lipinski definition) is 1. The summed E-state index contributed by atoms with van der Waals surface area (Å²) in [5.41, 5.74) is 7.83. The minimum absolute atomic E-state index is 0.155. The fourth-order valence-electron chi connectivity index (χ4n) is 2.43. The summed E-state index contributed by atoms with van der Waals surface area (Å²) < 4.78 is 6.02. The standard InChI is InChI=1S/C15H24N2O/c1-11(2)8-9-17-10-15(3,4)18-13-7-5-6-12(16)14(13)17/h5-7,11H,8-10,16H2,1-4H3. The molecule has 100 valence electrons. The van der Waals surface area contributed by atoms with Gasteiger partial charge in [0, 0.05) is 6.54 Å². The lowest BCUT2D eigenvalue weighted by molar-refractivity contribution is 0.105. The van der Waals surface area contributed by atoms with Gasteiger partial charge in [-0.05, 0) is 38.3 Å². The first-order chi connectivity index (χ1) is 8.39. The molecule has 0 fully saturated rings. The molecule has 3 heteroatoms. The molecule has 18 heavy (non-hydrogen) atoms. The first-order valence-electron chi connectivity index (χ1n) is 6.71. The van der Waals surface area contributed by atoms with Crippen LogP contribution < -0.4 is 15.4 Å². The topological polar surface area (TPSA) is 38.5 Å². The van der Waals surface area contributed by atoms with Crippen molar-refractivity contribution < 1.29 is 4.74 Å². The van der Waals surface area contributed by atoms with Gasteiger partial charge in [0.25, 0.3) is 0 Å². The number of para-hydroxylation sites is 1. The van der Waals surface area contributed by atoms with Gasteiger partial charge in [0.15, 0.2) is 0 Å². The molecule has 0 atom stereocenters. The molecule has 2 N–H and O–H groups in total. The molecule has 1 aliphatic heterocycles. The number of nitrogen functional groups attached to an aromatic ring is 1. The van der Waals surface area contributed by atoms with E-state index in [-0.39, 0.29) is 5.60 Å². The molecule has 0 saturated heterocycles. The number of nitrogens with zero attached hydrogens (tertiary/aromatic N) is 1. The normalized spacial score (nSPS) is 17.5. The molecule has 1 aliphatic rings. The Morgan fingerprint density at radius 2 is 2.11 bits per heavy atom. The third-order valence-corrected chi connectivity index (χ3v) is 3.28. The lowest BCUT2D eigenvalue weighted by Gasteiger charge is -2.41. The highest BCUT2D eigenvalue weighted by atomic mass is 16.5. The summed E-state index contributed by atoms with van der Waals surface area (Å²) in [5.74, 6) is 1.61. The molecular formula is C15H24N2O. The van der Waals surface area contributed by atoms with E-state index in [1.54, 1.807) is 0 Å². The van der Waals surface area contributed by atoms with Crippen LogP contribution in [0.2, 0.25) is 0 Å². The van der Waals surface area contributed by atoms with Crippen molar-refractivity contribution in [3.8, 4) is 5.75 Å². The summed E-state index contributed by atoms with van der Waals surface area (Å²) in [6, 6.07) is 5.91. The minimum atomic E-state index is -0.155. The fourth-order valence-corrected chi connectivity index (χ4v) is 2.43. The van der Waals surface area contributed by atoms with E-state index in [9.17, 15) is 0 Å². The maximum Gasteiger partial charge on any atom is 0.145 e. The molecule has 0 amide bonds. The molecular weight excluding hydrogens is 224 g/mol. The maximum absolute atomic E-state index is 6.11. The smallest absolute Gasteiger partial charge is 0.145 e. The average Bonchev–Trinajstić information content (AvgIpc) is 2.24. The van der Waals surface area contributed by atoms with Crippen LogP contribution in [-0.4, -0.2) is 18.7 Å². The van der Waals surface area contributed by atoms with Crippen molar-refractivity contribution in [3.05, 3.63) is 18.2 Å². The predicted molar refractivity (Wildman–Crippen MR) is 77.2 cm³/mol. The Bertz CT molecular complexity index is 427. The Kier molecular flexibility index (Phi) is 3.42. The van der Waals surface area contributed by atoms with Gasteiger partial charge in [-0.25, -0.2) is 0 Å². The van der Waals surface area contributed by atoms with E-state index in [4.69, 9.17) is 10.5 Å². The van der Waals surface area contributed by atoms with Gasteiger partial charge >= 0.3 is 0 Å². The van der Waals surface area contributed by atoms with E-state index in [1.807, 2.05) is 18.2 Å². The number of nitrogens with two attached hydrogens (primary N) is 1. The summed E-state index contributed by atoms with van der Waals surface area (Å²) >= 11 is 0. The van der Waals surface area contributed by atoms with E-state index in [0.29, 0.717) is 5.92 Å². The van der Waals surface area contributed by atoms with E-state index in [0.717, 1.165) is 30.2 Å². The van der Waals surface area contributed by atoms with Gasteiger partial charge in [0.2, 0.25) is 0 Å². The van der Waals surface area contributed by atoms with E-state index < -0.39 is 0 Å². The van der Waals surface area contributed by atoms with Crippen LogP contribution in [0.4, 0.5) is 11.4 Å². The first kappa shape index (κ1) is 13.1. The van der Waals surface area contributed by atoms with Crippen LogP contribution in [0.1, 0.15) is 34.1 Å². The maximum atomic E-state index is 6.11. The fraction of sp³-hybridized carbons (Fsp3) is 0.600.